The second-order valence-corrected chi connectivity index (χ2v) is 10.3. The molecule has 3 fully saturated rings. The zero-order valence-electron chi connectivity index (χ0n) is 19.6. The van der Waals surface area contributed by atoms with Crippen LogP contribution in [0.1, 0.15) is 32.1 Å². The summed E-state index contributed by atoms with van der Waals surface area (Å²) < 4.78 is 11.6. The average Bonchev–Trinajstić information content (AvgIpc) is 2.85. The monoisotopic (exact) mass is 477 g/mol. The van der Waals surface area contributed by atoms with Crippen molar-refractivity contribution in [2.24, 2.45) is 11.3 Å². The van der Waals surface area contributed by atoms with Crippen LogP contribution >= 0.6 is 11.6 Å². The number of likely N-dealkylation sites (N-methyl/N-ethyl adjacent to an activating group) is 1. The van der Waals surface area contributed by atoms with Crippen molar-refractivity contribution in [3.63, 3.8) is 0 Å². The highest BCUT2D eigenvalue weighted by Crippen LogP contribution is 2.37. The Hall–Kier alpha value is -1.83. The zero-order chi connectivity index (χ0) is 23.3. The van der Waals surface area contributed by atoms with Crippen LogP contribution in [0.5, 0.6) is 5.75 Å². The lowest BCUT2D eigenvalue weighted by Crippen LogP contribution is -2.51. The Balaban J connectivity index is 1.40. The van der Waals surface area contributed by atoms with Crippen LogP contribution in [0.2, 0.25) is 5.02 Å². The van der Waals surface area contributed by atoms with Gasteiger partial charge in [0.15, 0.2) is 0 Å². The third kappa shape index (κ3) is 6.40. The molecule has 8 heteroatoms. The molecule has 33 heavy (non-hydrogen) atoms. The van der Waals surface area contributed by atoms with Gasteiger partial charge in [0.05, 0.1) is 6.61 Å². The molecule has 0 saturated carbocycles. The molecule has 0 spiro atoms. The number of likely N-dealkylation sites (tertiary alicyclic amines) is 1. The van der Waals surface area contributed by atoms with E-state index < -0.39 is 0 Å². The SMILES string of the molecule is CN1CCN(C(=O)CC2(COc3ccc(Cl)cc3)CCN(C(=O)C3CCOCC3)CC2)CC1. The summed E-state index contributed by atoms with van der Waals surface area (Å²) in [5, 5.41) is 0.669. The quantitative estimate of drug-likeness (QED) is 0.630. The minimum absolute atomic E-state index is 0.0727. The van der Waals surface area contributed by atoms with Gasteiger partial charge in [0.2, 0.25) is 11.8 Å². The predicted octanol–water partition coefficient (Wildman–Crippen LogP) is 2.92. The third-order valence-corrected chi connectivity index (χ3v) is 7.70. The molecule has 0 unspecified atom stereocenters. The molecule has 3 saturated heterocycles. The molecule has 1 aromatic carbocycles. The first-order valence-electron chi connectivity index (χ1n) is 12.2. The minimum Gasteiger partial charge on any atom is -0.493 e. The van der Waals surface area contributed by atoms with Crippen LogP contribution in [0, 0.1) is 11.3 Å². The van der Waals surface area contributed by atoms with Gasteiger partial charge in [-0.1, -0.05) is 11.6 Å². The summed E-state index contributed by atoms with van der Waals surface area (Å²) >= 11 is 6.01. The first kappa shape index (κ1) is 24.3. The van der Waals surface area contributed by atoms with Crippen molar-refractivity contribution in [1.82, 2.24) is 14.7 Å². The van der Waals surface area contributed by atoms with Gasteiger partial charge in [-0.2, -0.15) is 0 Å². The number of hydrogen-bond donors (Lipinski definition) is 0. The molecule has 4 rings (SSSR count). The van der Waals surface area contributed by atoms with E-state index in [1.54, 1.807) is 0 Å². The van der Waals surface area contributed by atoms with Crippen molar-refractivity contribution < 1.29 is 19.1 Å². The van der Waals surface area contributed by atoms with E-state index in [9.17, 15) is 9.59 Å². The normalized spacial score (nSPS) is 22.2. The highest BCUT2D eigenvalue weighted by molar-refractivity contribution is 6.30. The molecule has 3 heterocycles. The second kappa shape index (κ2) is 11.1. The molecule has 0 aliphatic carbocycles. The van der Waals surface area contributed by atoms with Crippen LogP contribution in [0.25, 0.3) is 0 Å². The largest absolute Gasteiger partial charge is 0.493 e. The Morgan fingerprint density at radius 1 is 1.00 bits per heavy atom. The van der Waals surface area contributed by atoms with Crippen LogP contribution in [0.3, 0.4) is 0 Å². The lowest BCUT2D eigenvalue weighted by atomic mass is 9.75. The van der Waals surface area contributed by atoms with Gasteiger partial charge in [0.25, 0.3) is 0 Å². The van der Waals surface area contributed by atoms with Crippen LogP contribution in [0.4, 0.5) is 0 Å². The van der Waals surface area contributed by atoms with Crippen LogP contribution < -0.4 is 4.74 Å². The van der Waals surface area contributed by atoms with Gasteiger partial charge >= 0.3 is 0 Å². The number of amides is 2. The van der Waals surface area contributed by atoms with Gasteiger partial charge in [0.1, 0.15) is 5.75 Å². The smallest absolute Gasteiger partial charge is 0.225 e. The van der Waals surface area contributed by atoms with Gasteiger partial charge in [-0.3, -0.25) is 9.59 Å². The molecule has 0 aromatic heterocycles. The van der Waals surface area contributed by atoms with E-state index in [-0.39, 0.29) is 23.1 Å². The predicted molar refractivity (Wildman–Crippen MR) is 127 cm³/mol. The molecule has 3 aliphatic heterocycles. The highest BCUT2D eigenvalue weighted by atomic mass is 35.5. The van der Waals surface area contributed by atoms with Crippen molar-refractivity contribution in [3.8, 4) is 5.75 Å². The van der Waals surface area contributed by atoms with Gasteiger partial charge in [-0.25, -0.2) is 0 Å². The molecule has 2 amide bonds. The van der Waals surface area contributed by atoms with E-state index >= 15 is 0 Å². The highest BCUT2D eigenvalue weighted by Gasteiger charge is 2.41. The molecular weight excluding hydrogens is 442 g/mol. The third-order valence-electron chi connectivity index (χ3n) is 7.45. The van der Waals surface area contributed by atoms with Crippen LogP contribution in [0.15, 0.2) is 24.3 Å². The van der Waals surface area contributed by atoms with Gasteiger partial charge < -0.3 is 24.2 Å². The summed E-state index contributed by atoms with van der Waals surface area (Å²) in [6.45, 7) is 6.53. The molecule has 7 nitrogen and oxygen atoms in total. The van der Waals surface area contributed by atoms with E-state index in [1.165, 1.54) is 0 Å². The fourth-order valence-electron chi connectivity index (χ4n) is 5.03. The Bertz CT molecular complexity index is 796. The summed E-state index contributed by atoms with van der Waals surface area (Å²) in [6, 6.07) is 7.35. The first-order chi connectivity index (χ1) is 15.9. The lowest BCUT2D eigenvalue weighted by molar-refractivity contribution is -0.143. The van der Waals surface area contributed by atoms with Gasteiger partial charge in [-0.05, 0) is 57.0 Å². The second-order valence-electron chi connectivity index (χ2n) is 9.82. The first-order valence-corrected chi connectivity index (χ1v) is 12.5. The molecule has 0 N–H and O–H groups in total. The number of rotatable bonds is 6. The van der Waals surface area contributed by atoms with E-state index in [2.05, 4.69) is 11.9 Å². The maximum Gasteiger partial charge on any atom is 0.225 e. The van der Waals surface area contributed by atoms with Gasteiger partial charge in [-0.15, -0.1) is 0 Å². The fraction of sp³-hybridized carbons (Fsp3) is 0.680. The summed E-state index contributed by atoms with van der Waals surface area (Å²) in [5.41, 5.74) is -0.271. The maximum atomic E-state index is 13.2. The van der Waals surface area contributed by atoms with Crippen molar-refractivity contribution in [1.29, 1.82) is 0 Å². The zero-order valence-corrected chi connectivity index (χ0v) is 20.4. The average molecular weight is 478 g/mol. The van der Waals surface area contributed by atoms with Crippen molar-refractivity contribution >= 4 is 23.4 Å². The molecule has 1 aromatic rings. The summed E-state index contributed by atoms with van der Waals surface area (Å²) in [5.74, 6) is 1.28. The number of hydrogen-bond acceptors (Lipinski definition) is 5. The number of carbonyl (C=O) groups excluding carboxylic acids is 2. The van der Waals surface area contributed by atoms with Crippen molar-refractivity contribution in [2.75, 3.05) is 66.1 Å². The Morgan fingerprint density at radius 2 is 1.64 bits per heavy atom. The molecule has 3 aliphatic rings. The minimum atomic E-state index is -0.271. The number of benzene rings is 1. The molecule has 0 bridgehead atoms. The number of nitrogens with zero attached hydrogens (tertiary/aromatic N) is 3. The molecular formula is C25H36ClN3O4. The summed E-state index contributed by atoms with van der Waals surface area (Å²) in [6.07, 6.45) is 3.62. The van der Waals surface area contributed by atoms with Crippen LogP contribution in [-0.2, 0) is 14.3 Å². The Morgan fingerprint density at radius 3 is 2.27 bits per heavy atom. The van der Waals surface area contributed by atoms with E-state index in [0.29, 0.717) is 44.4 Å². The summed E-state index contributed by atoms with van der Waals surface area (Å²) in [4.78, 5) is 32.5. The van der Waals surface area contributed by atoms with Gasteiger partial charge in [0, 0.05) is 75.3 Å². The van der Waals surface area contributed by atoms with Crippen molar-refractivity contribution in [3.05, 3.63) is 29.3 Å². The van der Waals surface area contributed by atoms with E-state index in [0.717, 1.165) is 57.6 Å². The molecule has 0 radical (unpaired) electrons. The number of carbonyl (C=O) groups is 2. The maximum absolute atomic E-state index is 13.2. The Labute approximate surface area is 201 Å². The van der Waals surface area contributed by atoms with E-state index in [4.69, 9.17) is 21.1 Å². The standard InChI is InChI=1S/C25H36ClN3O4/c1-27-12-14-28(15-13-27)23(30)18-25(19-33-22-4-2-21(26)3-5-22)8-10-29(11-9-25)24(31)20-6-16-32-17-7-20/h2-5,20H,6-19H2,1H3. The summed E-state index contributed by atoms with van der Waals surface area (Å²) in [7, 11) is 2.09. The Kier molecular flexibility index (Phi) is 8.15. The number of piperidine rings is 1. The van der Waals surface area contributed by atoms with Crippen LogP contribution in [-0.4, -0.2) is 92.7 Å². The topological polar surface area (TPSA) is 62.3 Å². The van der Waals surface area contributed by atoms with E-state index in [1.807, 2.05) is 34.1 Å². The number of ether oxygens (including phenoxy) is 2. The number of halogens is 1. The lowest BCUT2D eigenvalue weighted by Gasteiger charge is -2.43. The van der Waals surface area contributed by atoms with Crippen molar-refractivity contribution in [2.45, 2.75) is 32.1 Å². The molecule has 0 atom stereocenters. The number of piperazine rings is 1. The molecule has 182 valence electrons. The fourth-order valence-corrected chi connectivity index (χ4v) is 5.16.